The van der Waals surface area contributed by atoms with Gasteiger partial charge in [-0.15, -0.1) is 0 Å². The molecule has 0 fully saturated rings. The van der Waals surface area contributed by atoms with Crippen molar-refractivity contribution in [2.24, 2.45) is 11.8 Å². The Morgan fingerprint density at radius 1 is 1.21 bits per heavy atom. The lowest BCUT2D eigenvalue weighted by Gasteiger charge is -2.24. The molecule has 0 saturated carbocycles. The first-order valence-corrected chi connectivity index (χ1v) is 11.8. The zero-order valence-electron chi connectivity index (χ0n) is 19.2. The van der Waals surface area contributed by atoms with Crippen molar-refractivity contribution in [2.45, 2.75) is 51.7 Å². The Hall–Kier alpha value is -1.77. The maximum absolute atomic E-state index is 13.2. The molecule has 3 N–H and O–H groups in total. The van der Waals surface area contributed by atoms with Gasteiger partial charge in [-0.3, -0.25) is 15.0 Å². The van der Waals surface area contributed by atoms with Crippen LogP contribution in [0.1, 0.15) is 62.9 Å². The quantitative estimate of drug-likeness (QED) is 0.182. The van der Waals surface area contributed by atoms with Crippen LogP contribution in [0.4, 0.5) is 4.39 Å². The van der Waals surface area contributed by atoms with Gasteiger partial charge in [0.05, 0.1) is 27.9 Å². The van der Waals surface area contributed by atoms with Crippen LogP contribution in [-0.4, -0.2) is 29.8 Å². The normalized spacial score (nSPS) is 14.2. The van der Waals surface area contributed by atoms with Crippen LogP contribution < -0.4 is 10.8 Å². The Bertz CT molecular complexity index is 884. The molecule has 0 aliphatic heterocycles. The summed E-state index contributed by atoms with van der Waals surface area (Å²) in [6, 6.07) is 7.67. The molecular weight excluding hydrogens is 468 g/mol. The summed E-state index contributed by atoms with van der Waals surface area (Å²) in [5, 5.41) is 13.7. The molecule has 0 saturated heterocycles. The Morgan fingerprint density at radius 2 is 1.91 bits per heavy atom. The number of hydrogen-bond donors (Lipinski definition) is 3. The summed E-state index contributed by atoms with van der Waals surface area (Å²) >= 11 is 12.3. The van der Waals surface area contributed by atoms with Crippen LogP contribution in [0.25, 0.3) is 0 Å². The molecule has 33 heavy (non-hydrogen) atoms. The van der Waals surface area contributed by atoms with Gasteiger partial charge >= 0.3 is 0 Å². The molecule has 182 valence electrons. The van der Waals surface area contributed by atoms with Crippen molar-refractivity contribution >= 4 is 29.1 Å². The SMILES string of the molecule is CO[C@H](C[C@H](CCCCN[C@@H](c1ncc(Cl)cc1Cl)C(C)C)C(=O)NO)c1ccc(F)cc1. The smallest absolute Gasteiger partial charge is 0.246 e. The lowest BCUT2D eigenvalue weighted by molar-refractivity contribution is -0.135. The summed E-state index contributed by atoms with van der Waals surface area (Å²) in [7, 11) is 1.55. The third kappa shape index (κ3) is 8.50. The molecule has 6 nitrogen and oxygen atoms in total. The van der Waals surface area contributed by atoms with E-state index < -0.39 is 11.8 Å². The van der Waals surface area contributed by atoms with E-state index in [4.69, 9.17) is 27.9 Å². The molecule has 0 aliphatic rings. The maximum Gasteiger partial charge on any atom is 0.246 e. The summed E-state index contributed by atoms with van der Waals surface area (Å²) in [5.74, 6) is -0.967. The molecule has 1 amide bonds. The number of benzene rings is 1. The van der Waals surface area contributed by atoms with Gasteiger partial charge in [-0.1, -0.05) is 55.6 Å². The topological polar surface area (TPSA) is 83.5 Å². The highest BCUT2D eigenvalue weighted by Crippen LogP contribution is 2.29. The van der Waals surface area contributed by atoms with Gasteiger partial charge in [0.15, 0.2) is 0 Å². The molecule has 1 aromatic carbocycles. The number of hydroxylamine groups is 1. The highest BCUT2D eigenvalue weighted by atomic mass is 35.5. The molecule has 2 rings (SSSR count). The Kier molecular flexibility index (Phi) is 11.5. The van der Waals surface area contributed by atoms with E-state index in [1.807, 2.05) is 0 Å². The van der Waals surface area contributed by atoms with Crippen molar-refractivity contribution in [3.63, 3.8) is 0 Å². The van der Waals surface area contributed by atoms with Crippen LogP contribution in [-0.2, 0) is 9.53 Å². The predicted molar refractivity (Wildman–Crippen MR) is 128 cm³/mol. The minimum atomic E-state index is -0.454. The van der Waals surface area contributed by atoms with Crippen LogP contribution in [0.15, 0.2) is 36.5 Å². The third-order valence-corrected chi connectivity index (χ3v) is 6.16. The largest absolute Gasteiger partial charge is 0.377 e. The summed E-state index contributed by atoms with van der Waals surface area (Å²) in [4.78, 5) is 16.6. The van der Waals surface area contributed by atoms with Gasteiger partial charge in [-0.2, -0.15) is 0 Å². The van der Waals surface area contributed by atoms with E-state index in [2.05, 4.69) is 24.1 Å². The summed E-state index contributed by atoms with van der Waals surface area (Å²) in [5.41, 5.74) is 3.30. The summed E-state index contributed by atoms with van der Waals surface area (Å²) < 4.78 is 18.8. The van der Waals surface area contributed by atoms with Crippen LogP contribution in [0, 0.1) is 17.7 Å². The molecule has 0 aliphatic carbocycles. The van der Waals surface area contributed by atoms with Crippen molar-refractivity contribution in [1.29, 1.82) is 0 Å². The number of pyridine rings is 1. The van der Waals surface area contributed by atoms with E-state index in [1.165, 1.54) is 12.1 Å². The lowest BCUT2D eigenvalue weighted by atomic mass is 9.91. The van der Waals surface area contributed by atoms with Crippen LogP contribution >= 0.6 is 23.2 Å². The number of ether oxygens (including phenoxy) is 1. The molecule has 0 radical (unpaired) electrons. The van der Waals surface area contributed by atoms with E-state index in [0.29, 0.717) is 29.4 Å². The van der Waals surface area contributed by atoms with Crippen LogP contribution in [0.5, 0.6) is 0 Å². The monoisotopic (exact) mass is 499 g/mol. The van der Waals surface area contributed by atoms with E-state index in [0.717, 1.165) is 24.1 Å². The molecule has 3 atom stereocenters. The molecule has 2 aromatic rings. The highest BCUT2D eigenvalue weighted by molar-refractivity contribution is 6.34. The number of amides is 1. The van der Waals surface area contributed by atoms with E-state index in [9.17, 15) is 14.4 Å². The minimum Gasteiger partial charge on any atom is -0.377 e. The van der Waals surface area contributed by atoms with Gasteiger partial charge in [0, 0.05) is 19.2 Å². The van der Waals surface area contributed by atoms with Gasteiger partial charge in [-0.05, 0) is 55.5 Å². The molecular formula is C24H32Cl2FN3O3. The number of nitrogens with zero attached hydrogens (tertiary/aromatic N) is 1. The Labute approximate surface area is 204 Å². The van der Waals surface area contributed by atoms with E-state index >= 15 is 0 Å². The average molecular weight is 500 g/mol. The fourth-order valence-electron chi connectivity index (χ4n) is 3.83. The van der Waals surface area contributed by atoms with Crippen LogP contribution in [0.3, 0.4) is 0 Å². The number of rotatable bonds is 13. The van der Waals surface area contributed by atoms with Gasteiger partial charge in [0.2, 0.25) is 5.91 Å². The van der Waals surface area contributed by atoms with Crippen molar-refractivity contribution in [1.82, 2.24) is 15.8 Å². The zero-order chi connectivity index (χ0) is 24.4. The van der Waals surface area contributed by atoms with Crippen molar-refractivity contribution in [3.8, 4) is 0 Å². The number of carbonyl (C=O) groups excluding carboxylic acids is 1. The van der Waals surface area contributed by atoms with Gasteiger partial charge in [0.25, 0.3) is 0 Å². The third-order valence-electron chi connectivity index (χ3n) is 5.65. The predicted octanol–water partition coefficient (Wildman–Crippen LogP) is 5.88. The molecule has 0 unspecified atom stereocenters. The van der Waals surface area contributed by atoms with Crippen molar-refractivity contribution < 1.29 is 19.1 Å². The fraction of sp³-hybridized carbons (Fsp3) is 0.500. The first-order chi connectivity index (χ1) is 15.8. The number of halogens is 3. The minimum absolute atomic E-state index is 0.0253. The first-order valence-electron chi connectivity index (χ1n) is 11.0. The van der Waals surface area contributed by atoms with Crippen molar-refractivity contribution in [2.75, 3.05) is 13.7 Å². The first kappa shape index (κ1) is 27.5. The second-order valence-electron chi connectivity index (χ2n) is 8.38. The van der Waals surface area contributed by atoms with Gasteiger partial charge in [0.1, 0.15) is 5.82 Å². The number of nitrogens with one attached hydrogen (secondary N) is 2. The van der Waals surface area contributed by atoms with Gasteiger partial charge in [-0.25, -0.2) is 9.87 Å². The molecule has 1 aromatic heterocycles. The van der Waals surface area contributed by atoms with Crippen molar-refractivity contribution in [3.05, 3.63) is 63.6 Å². The van der Waals surface area contributed by atoms with Crippen LogP contribution in [0.2, 0.25) is 10.0 Å². The number of methoxy groups -OCH3 is 1. The number of unbranched alkanes of at least 4 members (excludes halogenated alkanes) is 1. The lowest BCUT2D eigenvalue weighted by Crippen LogP contribution is -2.30. The second kappa shape index (κ2) is 13.8. The zero-order valence-corrected chi connectivity index (χ0v) is 20.7. The Morgan fingerprint density at radius 3 is 2.48 bits per heavy atom. The maximum atomic E-state index is 13.2. The highest BCUT2D eigenvalue weighted by Gasteiger charge is 2.24. The standard InChI is InChI=1S/C24H32Cl2FN3O3/c1-15(2)22(23-20(26)13-18(25)14-29-23)28-11-5-4-6-17(24(31)30-32)12-21(33-3)16-7-9-19(27)10-8-16/h7-10,13-15,17,21-22,28,32H,4-6,11-12H2,1-3H3,(H,30,31)/t17-,21+,22+/m0/s1. The molecule has 9 heteroatoms. The van der Waals surface area contributed by atoms with Gasteiger partial charge < -0.3 is 10.1 Å². The summed E-state index contributed by atoms with van der Waals surface area (Å²) in [6.07, 6.45) is 3.73. The van der Waals surface area contributed by atoms with E-state index in [-0.39, 0.29) is 23.9 Å². The Balaban J connectivity index is 1.91. The molecule has 0 bridgehead atoms. The number of hydrogen-bond acceptors (Lipinski definition) is 5. The fourth-order valence-corrected chi connectivity index (χ4v) is 4.32. The van der Waals surface area contributed by atoms with E-state index in [1.54, 1.807) is 37.0 Å². The average Bonchev–Trinajstić information content (AvgIpc) is 2.79. The molecule has 1 heterocycles. The second-order valence-corrected chi connectivity index (χ2v) is 9.22. The number of aromatic nitrogens is 1. The molecule has 0 spiro atoms. The number of carbonyl (C=O) groups is 1. The summed E-state index contributed by atoms with van der Waals surface area (Å²) in [6.45, 7) is 4.89.